The molecule has 0 fully saturated rings. The third-order valence-corrected chi connectivity index (χ3v) is 5.23. The first-order valence-electron chi connectivity index (χ1n) is 8.93. The van der Waals surface area contributed by atoms with Crippen LogP contribution in [0.4, 0.5) is 0 Å². The molecule has 1 aliphatic rings. The van der Waals surface area contributed by atoms with Crippen LogP contribution in [0.5, 0.6) is 11.5 Å². The van der Waals surface area contributed by atoms with E-state index in [1.807, 2.05) is 31.2 Å². The van der Waals surface area contributed by atoms with E-state index >= 15 is 0 Å². The Balaban J connectivity index is 2.20. The number of aliphatic hydroxyl groups excluding tert-OH is 1. The number of rotatable bonds is 5. The van der Waals surface area contributed by atoms with E-state index in [0.717, 1.165) is 22.3 Å². The van der Waals surface area contributed by atoms with Crippen LogP contribution in [0.1, 0.15) is 41.5 Å². The fourth-order valence-corrected chi connectivity index (χ4v) is 3.85. The molecule has 0 amide bonds. The molecule has 0 bridgehead atoms. The summed E-state index contributed by atoms with van der Waals surface area (Å²) in [6, 6.07) is 9.08. The number of hydrogen-bond donors (Lipinski definition) is 3. The molecule has 0 saturated carbocycles. The van der Waals surface area contributed by atoms with Gasteiger partial charge in [-0.15, -0.1) is 0 Å². The fourth-order valence-electron chi connectivity index (χ4n) is 3.62. The van der Waals surface area contributed by atoms with Gasteiger partial charge in [-0.2, -0.15) is 0 Å². The number of fused-ring (bicyclic) bond motifs is 1. The predicted molar refractivity (Wildman–Crippen MR) is 110 cm³/mol. The fraction of sp³-hybridized carbons (Fsp3) is 0.273. The highest BCUT2D eigenvalue weighted by Gasteiger charge is 2.31. The average Bonchev–Trinajstić information content (AvgIpc) is 2.60. The highest BCUT2D eigenvalue weighted by atomic mass is 35.5. The Morgan fingerprint density at radius 2 is 2.00 bits per heavy atom. The monoisotopic (exact) mass is 385 g/mol. The van der Waals surface area contributed by atoms with E-state index in [1.165, 1.54) is 0 Å². The number of allylic oxidation sites excluding steroid dienone is 2. The second kappa shape index (κ2) is 7.77. The van der Waals surface area contributed by atoms with E-state index in [-0.39, 0.29) is 11.7 Å². The molecule has 0 spiro atoms. The van der Waals surface area contributed by atoms with Crippen molar-refractivity contribution in [3.05, 3.63) is 70.3 Å². The largest absolute Gasteiger partial charge is 0.508 e. The van der Waals surface area contributed by atoms with Crippen LogP contribution in [0.15, 0.2) is 43.0 Å². The molecule has 0 aromatic heterocycles. The first kappa shape index (κ1) is 19.5. The summed E-state index contributed by atoms with van der Waals surface area (Å²) in [5, 5.41) is 21.6. The number of ether oxygens (including phenoxy) is 1. The summed E-state index contributed by atoms with van der Waals surface area (Å²) in [5.41, 5.74) is 9.47. The third kappa shape index (κ3) is 3.61. The third-order valence-electron chi connectivity index (χ3n) is 4.90. The van der Waals surface area contributed by atoms with Crippen molar-refractivity contribution in [3.8, 4) is 11.5 Å². The van der Waals surface area contributed by atoms with Gasteiger partial charge in [-0.3, -0.25) is 0 Å². The smallest absolute Gasteiger partial charge is 0.142 e. The van der Waals surface area contributed by atoms with E-state index in [4.69, 9.17) is 22.1 Å². The quantitative estimate of drug-likeness (QED) is 0.702. The normalized spacial score (nSPS) is 15.6. The summed E-state index contributed by atoms with van der Waals surface area (Å²) in [4.78, 5) is 0. The number of halogens is 1. The molecule has 2 aromatic rings. The standard InChI is InChI=1S/C22H24ClNO3/c1-12-10-18(26)21(15(8-9-24)14(3)25)22-20(12)13(2)11-19(27-22)16-6-4-5-7-17(16)23/h4-7,10-11,14-15,25-26H,2,8-9,24H2,1,3H3. The summed E-state index contributed by atoms with van der Waals surface area (Å²) in [6.07, 6.45) is 1.66. The molecule has 3 rings (SSSR count). The lowest BCUT2D eigenvalue weighted by atomic mass is 9.84. The van der Waals surface area contributed by atoms with Crippen LogP contribution in [0.2, 0.25) is 5.02 Å². The van der Waals surface area contributed by atoms with E-state index in [2.05, 4.69) is 6.58 Å². The molecule has 1 heterocycles. The summed E-state index contributed by atoms with van der Waals surface area (Å²) < 4.78 is 6.24. The molecular weight excluding hydrogens is 362 g/mol. The van der Waals surface area contributed by atoms with Crippen LogP contribution in [0.25, 0.3) is 11.3 Å². The number of aromatic hydroxyl groups is 1. The maximum atomic E-state index is 10.7. The van der Waals surface area contributed by atoms with Crippen molar-refractivity contribution in [1.82, 2.24) is 0 Å². The van der Waals surface area contributed by atoms with Crippen LogP contribution in [0.3, 0.4) is 0 Å². The van der Waals surface area contributed by atoms with Gasteiger partial charge in [0, 0.05) is 22.6 Å². The molecule has 0 aliphatic carbocycles. The Bertz CT molecular complexity index is 918. The number of benzene rings is 2. The molecule has 0 radical (unpaired) electrons. The number of phenolic OH excluding ortho intramolecular Hbond substituents is 1. The number of hydrogen-bond acceptors (Lipinski definition) is 4. The van der Waals surface area contributed by atoms with Crippen molar-refractivity contribution < 1.29 is 14.9 Å². The van der Waals surface area contributed by atoms with Crippen molar-refractivity contribution in [3.63, 3.8) is 0 Å². The summed E-state index contributed by atoms with van der Waals surface area (Å²) in [5.74, 6) is 0.789. The second-order valence-corrected chi connectivity index (χ2v) is 7.28. The molecule has 4 nitrogen and oxygen atoms in total. The van der Waals surface area contributed by atoms with Crippen LogP contribution in [0, 0.1) is 6.92 Å². The van der Waals surface area contributed by atoms with E-state index < -0.39 is 6.10 Å². The van der Waals surface area contributed by atoms with E-state index in [0.29, 0.717) is 35.1 Å². The van der Waals surface area contributed by atoms with E-state index in [1.54, 1.807) is 19.1 Å². The minimum Gasteiger partial charge on any atom is -0.508 e. The predicted octanol–water partition coefficient (Wildman–Crippen LogP) is 4.61. The molecule has 27 heavy (non-hydrogen) atoms. The van der Waals surface area contributed by atoms with Gasteiger partial charge in [0.25, 0.3) is 0 Å². The second-order valence-electron chi connectivity index (χ2n) is 6.87. The molecule has 0 saturated heterocycles. The Hall–Kier alpha value is -2.27. The van der Waals surface area contributed by atoms with Crippen molar-refractivity contribution >= 4 is 22.9 Å². The maximum Gasteiger partial charge on any atom is 0.142 e. The van der Waals surface area contributed by atoms with Crippen LogP contribution in [-0.4, -0.2) is 22.9 Å². The Morgan fingerprint density at radius 3 is 2.63 bits per heavy atom. The maximum absolute atomic E-state index is 10.7. The lowest BCUT2D eigenvalue weighted by molar-refractivity contribution is 0.155. The Kier molecular flexibility index (Phi) is 5.61. The molecular formula is C22H24ClNO3. The number of phenols is 1. The van der Waals surface area contributed by atoms with Gasteiger partial charge in [0.1, 0.15) is 17.3 Å². The van der Waals surface area contributed by atoms with Gasteiger partial charge in [-0.25, -0.2) is 0 Å². The number of nitrogens with two attached hydrogens (primary N) is 1. The van der Waals surface area contributed by atoms with Crippen LogP contribution >= 0.6 is 11.6 Å². The lowest BCUT2D eigenvalue weighted by Gasteiger charge is -2.29. The zero-order valence-electron chi connectivity index (χ0n) is 15.5. The zero-order chi connectivity index (χ0) is 19.7. The average molecular weight is 386 g/mol. The van der Waals surface area contributed by atoms with E-state index in [9.17, 15) is 10.2 Å². The molecule has 4 N–H and O–H groups in total. The van der Waals surface area contributed by atoms with Gasteiger partial charge in [-0.05, 0) is 62.2 Å². The summed E-state index contributed by atoms with van der Waals surface area (Å²) in [7, 11) is 0. The first-order valence-corrected chi connectivity index (χ1v) is 9.31. The Morgan fingerprint density at radius 1 is 1.30 bits per heavy atom. The Labute approximate surface area is 164 Å². The lowest BCUT2D eigenvalue weighted by Crippen LogP contribution is -2.21. The van der Waals surface area contributed by atoms with Gasteiger partial charge in [0.2, 0.25) is 0 Å². The topological polar surface area (TPSA) is 75.7 Å². The molecule has 2 unspecified atom stereocenters. The van der Waals surface area contributed by atoms with Gasteiger partial charge in [0.05, 0.1) is 11.1 Å². The van der Waals surface area contributed by atoms with Gasteiger partial charge < -0.3 is 20.7 Å². The molecule has 5 heteroatoms. The highest BCUT2D eigenvalue weighted by molar-refractivity contribution is 6.32. The molecule has 2 atom stereocenters. The van der Waals surface area contributed by atoms with Gasteiger partial charge in [-0.1, -0.05) is 30.3 Å². The minimum atomic E-state index is -0.696. The van der Waals surface area contributed by atoms with Gasteiger partial charge in [0.15, 0.2) is 0 Å². The number of aryl methyl sites for hydroxylation is 1. The van der Waals surface area contributed by atoms with Gasteiger partial charge >= 0.3 is 0 Å². The van der Waals surface area contributed by atoms with Crippen LogP contribution in [-0.2, 0) is 0 Å². The zero-order valence-corrected chi connectivity index (χ0v) is 16.3. The van der Waals surface area contributed by atoms with Crippen molar-refractivity contribution in [2.24, 2.45) is 5.73 Å². The summed E-state index contributed by atoms with van der Waals surface area (Å²) in [6.45, 7) is 8.14. The first-order chi connectivity index (χ1) is 12.8. The minimum absolute atomic E-state index is 0.0822. The van der Waals surface area contributed by atoms with Crippen molar-refractivity contribution in [2.75, 3.05) is 6.54 Å². The molecule has 2 aromatic carbocycles. The molecule has 1 aliphatic heterocycles. The highest BCUT2D eigenvalue weighted by Crippen LogP contribution is 2.48. The number of aliphatic hydroxyl groups is 1. The van der Waals surface area contributed by atoms with Crippen molar-refractivity contribution in [1.29, 1.82) is 0 Å². The molecule has 142 valence electrons. The SMILES string of the molecule is C=C1C=C(c2ccccc2Cl)Oc2c1c(C)cc(O)c2C(CCN)C(C)O. The van der Waals surface area contributed by atoms with Crippen molar-refractivity contribution in [2.45, 2.75) is 32.3 Å². The summed E-state index contributed by atoms with van der Waals surface area (Å²) >= 11 is 6.34. The van der Waals surface area contributed by atoms with Crippen LogP contribution < -0.4 is 10.5 Å².